The minimum atomic E-state index is -5.90. The van der Waals surface area contributed by atoms with Gasteiger partial charge in [0.05, 0.1) is 0 Å². The first-order valence-electron chi connectivity index (χ1n) is 7.73. The molecule has 144 valence electrons. The normalized spacial score (nSPS) is 21.2. The van der Waals surface area contributed by atoms with E-state index >= 15 is 0 Å². The van der Waals surface area contributed by atoms with Crippen LogP contribution >= 0.6 is 0 Å². The summed E-state index contributed by atoms with van der Waals surface area (Å²) in [5, 5.41) is 20.5. The molecule has 0 aromatic heterocycles. The molecule has 2 rings (SSSR count). The molecule has 26 heavy (non-hydrogen) atoms. The van der Waals surface area contributed by atoms with Crippen molar-refractivity contribution < 1.29 is 36.0 Å². The van der Waals surface area contributed by atoms with Gasteiger partial charge in [0.1, 0.15) is 17.2 Å². The molecule has 1 aromatic rings. The summed E-state index contributed by atoms with van der Waals surface area (Å²) in [6, 6.07) is 1.48. The molecular formula is C17H19F3O5S. The second-order valence-corrected chi connectivity index (χ2v) is 7.93. The third kappa shape index (κ3) is 3.98. The first kappa shape index (κ1) is 20.2. The van der Waals surface area contributed by atoms with Crippen LogP contribution in [0.15, 0.2) is 35.9 Å². The van der Waals surface area contributed by atoms with Gasteiger partial charge in [0, 0.05) is 23.6 Å². The van der Waals surface area contributed by atoms with E-state index in [9.17, 15) is 31.8 Å². The van der Waals surface area contributed by atoms with Gasteiger partial charge in [0.25, 0.3) is 0 Å². The zero-order chi connectivity index (χ0) is 19.9. The van der Waals surface area contributed by atoms with Crippen LogP contribution in [0.2, 0.25) is 0 Å². The van der Waals surface area contributed by atoms with E-state index in [4.69, 9.17) is 0 Å². The number of phenolic OH excluding ortho intramolecular Hbond substituents is 2. The van der Waals surface area contributed by atoms with Crippen LogP contribution in [0.3, 0.4) is 0 Å². The molecule has 0 saturated heterocycles. The highest BCUT2D eigenvalue weighted by atomic mass is 32.2. The SMILES string of the molecule is C=C(C)[C@@H]1CCC(C)=C[C@H]1c1c(O)cc(OS(=O)(=O)C(F)(F)F)cc1O. The van der Waals surface area contributed by atoms with Crippen molar-refractivity contribution in [2.75, 3.05) is 0 Å². The molecule has 5 nitrogen and oxygen atoms in total. The van der Waals surface area contributed by atoms with Gasteiger partial charge in [-0.1, -0.05) is 23.8 Å². The zero-order valence-corrected chi connectivity index (χ0v) is 15.0. The topological polar surface area (TPSA) is 83.8 Å². The molecule has 0 bridgehead atoms. The van der Waals surface area contributed by atoms with Gasteiger partial charge < -0.3 is 14.4 Å². The molecule has 1 aliphatic rings. The number of aromatic hydroxyl groups is 2. The first-order valence-corrected chi connectivity index (χ1v) is 9.13. The summed E-state index contributed by atoms with van der Waals surface area (Å²) in [4.78, 5) is 0. The van der Waals surface area contributed by atoms with E-state index < -0.39 is 38.8 Å². The van der Waals surface area contributed by atoms with E-state index in [0.29, 0.717) is 0 Å². The van der Waals surface area contributed by atoms with E-state index in [1.807, 2.05) is 19.9 Å². The van der Waals surface area contributed by atoms with Crippen LogP contribution in [0, 0.1) is 5.92 Å². The summed E-state index contributed by atoms with van der Waals surface area (Å²) in [5.41, 5.74) is -3.66. The lowest BCUT2D eigenvalue weighted by Crippen LogP contribution is -2.28. The third-order valence-corrected chi connectivity index (χ3v) is 5.29. The Hall–Kier alpha value is -2.16. The van der Waals surface area contributed by atoms with Gasteiger partial charge in [-0.3, -0.25) is 0 Å². The van der Waals surface area contributed by atoms with E-state index in [1.165, 1.54) is 0 Å². The van der Waals surface area contributed by atoms with Crippen LogP contribution in [0.5, 0.6) is 17.2 Å². The first-order chi connectivity index (χ1) is 11.8. The van der Waals surface area contributed by atoms with Crippen molar-refractivity contribution in [2.24, 2.45) is 5.92 Å². The summed E-state index contributed by atoms with van der Waals surface area (Å²) < 4.78 is 63.4. The summed E-state index contributed by atoms with van der Waals surface area (Å²) in [7, 11) is -5.90. The van der Waals surface area contributed by atoms with Crippen LogP contribution in [-0.2, 0) is 10.1 Å². The van der Waals surface area contributed by atoms with Crippen LogP contribution in [0.4, 0.5) is 13.2 Å². The molecule has 9 heteroatoms. The van der Waals surface area contributed by atoms with E-state index in [2.05, 4.69) is 10.8 Å². The molecule has 1 aliphatic carbocycles. The quantitative estimate of drug-likeness (QED) is 0.452. The van der Waals surface area contributed by atoms with E-state index in [-0.39, 0.29) is 11.5 Å². The summed E-state index contributed by atoms with van der Waals surface area (Å²) in [6.45, 7) is 7.62. The molecular weight excluding hydrogens is 373 g/mol. The molecule has 0 amide bonds. The van der Waals surface area contributed by atoms with Crippen molar-refractivity contribution in [1.82, 2.24) is 0 Å². The molecule has 0 unspecified atom stereocenters. The fourth-order valence-corrected chi connectivity index (χ4v) is 3.51. The highest BCUT2D eigenvalue weighted by Gasteiger charge is 2.48. The number of halogens is 3. The maximum absolute atomic E-state index is 12.4. The molecule has 0 heterocycles. The van der Waals surface area contributed by atoms with Crippen LogP contribution < -0.4 is 4.18 Å². The Labute approximate surface area is 149 Å². The van der Waals surface area contributed by atoms with Gasteiger partial charge in [-0.2, -0.15) is 21.6 Å². The van der Waals surface area contributed by atoms with Crippen molar-refractivity contribution in [3.05, 3.63) is 41.5 Å². The standard InChI is InChI=1S/C17H19F3O5S/c1-9(2)12-5-4-10(3)6-13(12)16-14(21)7-11(8-15(16)22)25-26(23,24)17(18,19)20/h6-8,12-13,21-22H,1,4-5H2,2-3H3/t12-,13+/m0/s1. The number of alkyl halides is 3. The summed E-state index contributed by atoms with van der Waals surface area (Å²) in [6.07, 6.45) is 3.41. The Morgan fingerprint density at radius 1 is 1.27 bits per heavy atom. The second kappa shape index (κ2) is 6.86. The lowest BCUT2D eigenvalue weighted by molar-refractivity contribution is -0.0500. The van der Waals surface area contributed by atoms with Gasteiger partial charge in [0.2, 0.25) is 0 Å². The van der Waals surface area contributed by atoms with Crippen molar-refractivity contribution >= 4 is 10.1 Å². The second-order valence-electron chi connectivity index (χ2n) is 6.39. The maximum Gasteiger partial charge on any atom is 0.534 e. The number of hydrogen-bond donors (Lipinski definition) is 2. The summed E-state index contributed by atoms with van der Waals surface area (Å²) in [5.74, 6) is -2.46. The zero-order valence-electron chi connectivity index (χ0n) is 14.2. The van der Waals surface area contributed by atoms with Crippen LogP contribution in [0.1, 0.15) is 38.2 Å². The number of phenols is 2. The predicted molar refractivity (Wildman–Crippen MR) is 89.4 cm³/mol. The third-order valence-electron chi connectivity index (χ3n) is 4.31. The Morgan fingerprint density at radius 3 is 2.27 bits per heavy atom. The molecule has 2 N–H and O–H groups in total. The highest BCUT2D eigenvalue weighted by Crippen LogP contribution is 2.47. The van der Waals surface area contributed by atoms with E-state index in [1.54, 1.807) is 0 Å². The molecule has 2 atom stereocenters. The van der Waals surface area contributed by atoms with Gasteiger partial charge in [-0.15, -0.1) is 0 Å². The van der Waals surface area contributed by atoms with Crippen molar-refractivity contribution in [1.29, 1.82) is 0 Å². The van der Waals surface area contributed by atoms with Crippen molar-refractivity contribution in [3.63, 3.8) is 0 Å². The van der Waals surface area contributed by atoms with Gasteiger partial charge in [-0.05, 0) is 32.6 Å². The fourth-order valence-electron chi connectivity index (χ4n) is 3.07. The van der Waals surface area contributed by atoms with Gasteiger partial charge >= 0.3 is 15.6 Å². The smallest absolute Gasteiger partial charge is 0.507 e. The number of rotatable bonds is 4. The molecule has 0 aliphatic heterocycles. The number of benzene rings is 1. The maximum atomic E-state index is 12.4. The van der Waals surface area contributed by atoms with E-state index in [0.717, 1.165) is 36.1 Å². The molecule has 0 radical (unpaired) electrons. The summed E-state index contributed by atoms with van der Waals surface area (Å²) >= 11 is 0. The predicted octanol–water partition coefficient (Wildman–Crippen LogP) is 4.34. The number of allylic oxidation sites excluding steroid dienone is 3. The lowest BCUT2D eigenvalue weighted by atomic mass is 9.74. The highest BCUT2D eigenvalue weighted by molar-refractivity contribution is 7.88. The molecule has 0 saturated carbocycles. The van der Waals surface area contributed by atoms with Crippen molar-refractivity contribution in [2.45, 2.75) is 38.1 Å². The van der Waals surface area contributed by atoms with Gasteiger partial charge in [-0.25, -0.2) is 0 Å². The average molecular weight is 392 g/mol. The Kier molecular flexibility index (Phi) is 5.32. The minimum Gasteiger partial charge on any atom is -0.507 e. The van der Waals surface area contributed by atoms with Crippen molar-refractivity contribution in [3.8, 4) is 17.2 Å². The Balaban J connectivity index is 2.47. The minimum absolute atomic E-state index is 0.0822. The van der Waals surface area contributed by atoms with Crippen LogP contribution in [0.25, 0.3) is 0 Å². The largest absolute Gasteiger partial charge is 0.534 e. The number of hydrogen-bond acceptors (Lipinski definition) is 5. The Bertz CT molecular complexity index is 833. The molecule has 1 aromatic carbocycles. The Morgan fingerprint density at radius 2 is 1.81 bits per heavy atom. The molecule has 0 spiro atoms. The lowest BCUT2D eigenvalue weighted by Gasteiger charge is -2.31. The van der Waals surface area contributed by atoms with Crippen LogP contribution in [-0.4, -0.2) is 24.1 Å². The van der Waals surface area contributed by atoms with Gasteiger partial charge in [0.15, 0.2) is 0 Å². The average Bonchev–Trinajstić information content (AvgIpc) is 2.44. The fraction of sp³-hybridized carbons (Fsp3) is 0.412. The monoisotopic (exact) mass is 392 g/mol. The molecule has 0 fully saturated rings.